The van der Waals surface area contributed by atoms with Crippen LogP contribution in [0.25, 0.3) is 0 Å². The number of hydrogen-bond acceptors (Lipinski definition) is 2. The Morgan fingerprint density at radius 1 is 1.21 bits per heavy atom. The lowest BCUT2D eigenvalue weighted by molar-refractivity contribution is 0.521. The van der Waals surface area contributed by atoms with Gasteiger partial charge in [0.15, 0.2) is 0 Å². The van der Waals surface area contributed by atoms with Crippen LogP contribution in [0.3, 0.4) is 0 Å². The molecule has 0 radical (unpaired) electrons. The van der Waals surface area contributed by atoms with Crippen LogP contribution in [-0.4, -0.2) is 11.0 Å². The number of aryl methyl sites for hydroxylation is 1. The van der Waals surface area contributed by atoms with Gasteiger partial charge in [0.05, 0.1) is 0 Å². The van der Waals surface area contributed by atoms with Gasteiger partial charge in [-0.05, 0) is 55.4 Å². The fraction of sp³-hybridized carbons (Fsp3) is 0.353. The van der Waals surface area contributed by atoms with Crippen molar-refractivity contribution >= 4 is 5.69 Å². The second kappa shape index (κ2) is 5.43. The van der Waals surface area contributed by atoms with Gasteiger partial charge in [-0.15, -0.1) is 0 Å². The second-order valence-corrected chi connectivity index (χ2v) is 5.47. The largest absolute Gasteiger partial charge is 0.382 e. The lowest BCUT2D eigenvalue weighted by Gasteiger charge is -2.31. The molecule has 0 amide bonds. The van der Waals surface area contributed by atoms with E-state index in [0.29, 0.717) is 12.0 Å². The molecule has 2 aromatic rings. The standard InChI is InChI=1S/C17H20N2/c1-13-11-15(9-8-14-5-4-10-18-12-14)16-6-2-3-7-17(16)19-13/h2-7,10,12-13,15,19H,8-9,11H2,1H3. The number of pyridine rings is 1. The fourth-order valence-corrected chi connectivity index (χ4v) is 3.02. The molecule has 98 valence electrons. The molecule has 2 nitrogen and oxygen atoms in total. The molecule has 19 heavy (non-hydrogen) atoms. The quantitative estimate of drug-likeness (QED) is 0.893. The highest BCUT2D eigenvalue weighted by Crippen LogP contribution is 2.36. The first kappa shape index (κ1) is 12.2. The zero-order valence-corrected chi connectivity index (χ0v) is 11.3. The molecule has 0 saturated carbocycles. The first-order valence-corrected chi connectivity index (χ1v) is 7.07. The van der Waals surface area contributed by atoms with Crippen molar-refractivity contribution in [3.8, 4) is 0 Å². The second-order valence-electron chi connectivity index (χ2n) is 5.47. The Hall–Kier alpha value is -1.83. The summed E-state index contributed by atoms with van der Waals surface area (Å²) in [6, 6.07) is 13.5. The molecule has 1 aromatic carbocycles. The molecule has 1 aromatic heterocycles. The molecule has 1 N–H and O–H groups in total. The van der Waals surface area contributed by atoms with Crippen molar-refractivity contribution in [2.75, 3.05) is 5.32 Å². The minimum absolute atomic E-state index is 0.564. The van der Waals surface area contributed by atoms with E-state index < -0.39 is 0 Å². The Labute approximate surface area is 114 Å². The molecule has 3 rings (SSSR count). The van der Waals surface area contributed by atoms with Crippen LogP contribution in [0, 0.1) is 0 Å². The summed E-state index contributed by atoms with van der Waals surface area (Å²) < 4.78 is 0. The third-order valence-corrected chi connectivity index (χ3v) is 3.94. The molecule has 0 spiro atoms. The minimum atomic E-state index is 0.564. The maximum absolute atomic E-state index is 4.20. The summed E-state index contributed by atoms with van der Waals surface area (Å²) in [5, 5.41) is 3.58. The Balaban J connectivity index is 1.74. The molecule has 2 heterocycles. The van der Waals surface area contributed by atoms with Crippen LogP contribution in [-0.2, 0) is 6.42 Å². The number of rotatable bonds is 3. The summed E-state index contributed by atoms with van der Waals surface area (Å²) in [4.78, 5) is 4.20. The predicted octanol–water partition coefficient (Wildman–Crippen LogP) is 4.00. The van der Waals surface area contributed by atoms with Crippen LogP contribution in [0.4, 0.5) is 5.69 Å². The van der Waals surface area contributed by atoms with Crippen LogP contribution in [0.1, 0.15) is 36.8 Å². The van der Waals surface area contributed by atoms with Crippen molar-refractivity contribution in [1.82, 2.24) is 4.98 Å². The number of anilines is 1. The molecule has 2 heteroatoms. The summed E-state index contributed by atoms with van der Waals surface area (Å²) in [7, 11) is 0. The summed E-state index contributed by atoms with van der Waals surface area (Å²) in [6.45, 7) is 2.27. The Bertz CT molecular complexity index is 536. The van der Waals surface area contributed by atoms with E-state index >= 15 is 0 Å². The normalized spacial score (nSPS) is 21.5. The highest BCUT2D eigenvalue weighted by molar-refractivity contribution is 5.55. The van der Waals surface area contributed by atoms with Crippen molar-refractivity contribution in [1.29, 1.82) is 0 Å². The van der Waals surface area contributed by atoms with Gasteiger partial charge in [0.25, 0.3) is 0 Å². The van der Waals surface area contributed by atoms with Crippen LogP contribution in [0.5, 0.6) is 0 Å². The van der Waals surface area contributed by atoms with Crippen molar-refractivity contribution in [2.24, 2.45) is 0 Å². The monoisotopic (exact) mass is 252 g/mol. The third-order valence-electron chi connectivity index (χ3n) is 3.94. The molecule has 0 saturated heterocycles. The van der Waals surface area contributed by atoms with Crippen molar-refractivity contribution < 1.29 is 0 Å². The van der Waals surface area contributed by atoms with Gasteiger partial charge in [-0.2, -0.15) is 0 Å². The number of para-hydroxylation sites is 1. The smallest absolute Gasteiger partial charge is 0.0377 e. The Morgan fingerprint density at radius 3 is 2.95 bits per heavy atom. The molecule has 2 unspecified atom stereocenters. The predicted molar refractivity (Wildman–Crippen MR) is 79.4 cm³/mol. The SMILES string of the molecule is CC1CC(CCc2cccnc2)c2ccccc2N1. The molecule has 2 atom stereocenters. The van der Waals surface area contributed by atoms with Gasteiger partial charge in [-0.25, -0.2) is 0 Å². The van der Waals surface area contributed by atoms with Crippen LogP contribution < -0.4 is 5.32 Å². The zero-order valence-electron chi connectivity index (χ0n) is 11.3. The zero-order chi connectivity index (χ0) is 13.1. The molecule has 1 aliphatic heterocycles. The first-order valence-electron chi connectivity index (χ1n) is 7.07. The molecular weight excluding hydrogens is 232 g/mol. The molecular formula is C17H20N2. The third kappa shape index (κ3) is 2.78. The highest BCUT2D eigenvalue weighted by Gasteiger charge is 2.23. The number of nitrogens with zero attached hydrogens (tertiary/aromatic N) is 1. The van der Waals surface area contributed by atoms with Crippen LogP contribution in [0.15, 0.2) is 48.8 Å². The van der Waals surface area contributed by atoms with Crippen LogP contribution >= 0.6 is 0 Å². The Kier molecular flexibility index (Phi) is 3.49. The topological polar surface area (TPSA) is 24.9 Å². The number of fused-ring (bicyclic) bond motifs is 1. The van der Waals surface area contributed by atoms with Crippen LogP contribution in [0.2, 0.25) is 0 Å². The lowest BCUT2D eigenvalue weighted by Crippen LogP contribution is -2.25. The molecule has 0 fully saturated rings. The highest BCUT2D eigenvalue weighted by atomic mass is 14.9. The van der Waals surface area contributed by atoms with Crippen molar-refractivity contribution in [3.63, 3.8) is 0 Å². The number of benzene rings is 1. The summed E-state index contributed by atoms with van der Waals surface area (Å²) >= 11 is 0. The van der Waals surface area contributed by atoms with E-state index in [-0.39, 0.29) is 0 Å². The van der Waals surface area contributed by atoms with Crippen molar-refractivity contribution in [2.45, 2.75) is 38.1 Å². The average molecular weight is 252 g/mol. The van der Waals surface area contributed by atoms with E-state index in [2.05, 4.69) is 47.6 Å². The van der Waals surface area contributed by atoms with E-state index in [1.54, 1.807) is 0 Å². The van der Waals surface area contributed by atoms with Gasteiger partial charge in [-0.1, -0.05) is 24.3 Å². The van der Waals surface area contributed by atoms with Gasteiger partial charge in [0.2, 0.25) is 0 Å². The summed E-state index contributed by atoms with van der Waals surface area (Å²) in [6.07, 6.45) is 7.35. The fourth-order valence-electron chi connectivity index (χ4n) is 3.02. The number of nitrogens with one attached hydrogen (secondary N) is 1. The van der Waals surface area contributed by atoms with E-state index in [4.69, 9.17) is 0 Å². The average Bonchev–Trinajstić information content (AvgIpc) is 2.45. The van der Waals surface area contributed by atoms with E-state index in [0.717, 1.165) is 6.42 Å². The van der Waals surface area contributed by atoms with E-state index in [1.165, 1.54) is 29.7 Å². The molecule has 1 aliphatic rings. The number of hydrogen-bond donors (Lipinski definition) is 1. The van der Waals surface area contributed by atoms with E-state index in [9.17, 15) is 0 Å². The van der Waals surface area contributed by atoms with Gasteiger partial charge in [0.1, 0.15) is 0 Å². The Morgan fingerprint density at radius 2 is 2.11 bits per heavy atom. The maximum Gasteiger partial charge on any atom is 0.0377 e. The minimum Gasteiger partial charge on any atom is -0.382 e. The number of aromatic nitrogens is 1. The van der Waals surface area contributed by atoms with E-state index in [1.807, 2.05) is 18.5 Å². The summed E-state index contributed by atoms with van der Waals surface area (Å²) in [5.74, 6) is 0.660. The van der Waals surface area contributed by atoms with Gasteiger partial charge < -0.3 is 5.32 Å². The molecule has 0 aliphatic carbocycles. The van der Waals surface area contributed by atoms with Gasteiger partial charge >= 0.3 is 0 Å². The lowest BCUT2D eigenvalue weighted by atomic mass is 9.84. The summed E-state index contributed by atoms with van der Waals surface area (Å²) in [5.41, 5.74) is 4.13. The first-order chi connectivity index (χ1) is 9.33. The van der Waals surface area contributed by atoms with Gasteiger partial charge in [0, 0.05) is 24.1 Å². The molecule has 0 bridgehead atoms. The maximum atomic E-state index is 4.20. The van der Waals surface area contributed by atoms with Gasteiger partial charge in [-0.3, -0.25) is 4.98 Å². The van der Waals surface area contributed by atoms with Crippen molar-refractivity contribution in [3.05, 3.63) is 59.9 Å².